The minimum Gasteiger partial charge on any atom is -0.493 e. The van der Waals surface area contributed by atoms with Gasteiger partial charge in [0, 0.05) is 50.0 Å². The summed E-state index contributed by atoms with van der Waals surface area (Å²) >= 11 is 0. The Labute approximate surface area is 273 Å². The van der Waals surface area contributed by atoms with Gasteiger partial charge in [0.2, 0.25) is 0 Å². The van der Waals surface area contributed by atoms with Crippen LogP contribution in [0.3, 0.4) is 0 Å². The molecule has 1 aromatic carbocycles. The van der Waals surface area contributed by atoms with Crippen molar-refractivity contribution in [1.29, 1.82) is 0 Å². The fourth-order valence-electron chi connectivity index (χ4n) is 6.15. The van der Waals surface area contributed by atoms with Crippen molar-refractivity contribution in [3.8, 4) is 22.8 Å². The van der Waals surface area contributed by atoms with Gasteiger partial charge in [-0.1, -0.05) is 33.6 Å². The molecule has 4 rings (SSSR count). The second kappa shape index (κ2) is 14.9. The van der Waals surface area contributed by atoms with E-state index in [0.717, 1.165) is 68.6 Å². The highest BCUT2D eigenvalue weighted by Crippen LogP contribution is 2.45. The molecule has 0 spiro atoms. The third kappa shape index (κ3) is 8.84. The number of ether oxygens (including phenoxy) is 4. The van der Waals surface area contributed by atoms with Crippen molar-refractivity contribution in [1.82, 2.24) is 14.4 Å². The summed E-state index contributed by atoms with van der Waals surface area (Å²) in [6.07, 6.45) is 6.39. The number of methoxy groups -OCH3 is 1. The van der Waals surface area contributed by atoms with E-state index in [4.69, 9.17) is 18.9 Å². The van der Waals surface area contributed by atoms with E-state index in [9.17, 15) is 14.4 Å². The van der Waals surface area contributed by atoms with E-state index in [1.807, 2.05) is 26.8 Å². The molecule has 1 unspecified atom stereocenters. The smallest absolute Gasteiger partial charge is 0.410 e. The minimum atomic E-state index is -0.597. The summed E-state index contributed by atoms with van der Waals surface area (Å²) in [7, 11) is 1.62. The van der Waals surface area contributed by atoms with Crippen molar-refractivity contribution in [2.24, 2.45) is 5.41 Å². The molecule has 1 atom stereocenters. The van der Waals surface area contributed by atoms with Gasteiger partial charge in [-0.3, -0.25) is 9.69 Å². The second-order valence-electron chi connectivity index (χ2n) is 14.4. The van der Waals surface area contributed by atoms with E-state index >= 15 is 0 Å². The van der Waals surface area contributed by atoms with Crippen LogP contribution in [0, 0.1) is 5.41 Å². The van der Waals surface area contributed by atoms with E-state index in [2.05, 4.69) is 36.3 Å². The molecule has 10 nitrogen and oxygen atoms in total. The van der Waals surface area contributed by atoms with Gasteiger partial charge in [-0.05, 0) is 76.6 Å². The summed E-state index contributed by atoms with van der Waals surface area (Å²) in [5.41, 5.74) is 1.85. The fraction of sp³-hybridized carbons (Fsp3) is 0.639. The molecule has 3 heterocycles. The number of unbranched alkanes of at least 4 members (excludes halogenated alkanes) is 3. The van der Waals surface area contributed by atoms with Gasteiger partial charge in [-0.15, -0.1) is 0 Å². The lowest BCUT2D eigenvalue weighted by atomic mass is 9.78. The standard InChI is InChI=1S/C36H53N3O7/c1-9-44-33(41)27-24-39-28(23-29(27)40)26-22-30(43-8)31(20-25(26)21-32(39)35(2,3)4)45-19-13-11-10-12-14-37-15-17-38(18-16-37)34(42)46-36(5,6)7/h20,22-24,32H,9-19,21H2,1-8H3. The van der Waals surface area contributed by atoms with Crippen molar-refractivity contribution < 1.29 is 28.5 Å². The number of pyridine rings is 1. The summed E-state index contributed by atoms with van der Waals surface area (Å²) in [4.78, 5) is 42.1. The van der Waals surface area contributed by atoms with Gasteiger partial charge >= 0.3 is 12.1 Å². The lowest BCUT2D eigenvalue weighted by Crippen LogP contribution is -2.50. The van der Waals surface area contributed by atoms with Crippen LogP contribution in [0.25, 0.3) is 11.3 Å². The maximum atomic E-state index is 13.0. The number of hydrogen-bond donors (Lipinski definition) is 0. The van der Waals surface area contributed by atoms with E-state index in [-0.39, 0.29) is 35.1 Å². The number of rotatable bonds is 11. The number of nitrogens with zero attached hydrogens (tertiary/aromatic N) is 3. The molecule has 2 aliphatic heterocycles. The predicted octanol–water partition coefficient (Wildman–Crippen LogP) is 6.34. The number of amides is 1. The average Bonchev–Trinajstić information content (AvgIpc) is 2.98. The molecule has 0 N–H and O–H groups in total. The van der Waals surface area contributed by atoms with E-state index in [1.165, 1.54) is 0 Å². The molecular formula is C36H53N3O7. The van der Waals surface area contributed by atoms with Crippen LogP contribution in [0.5, 0.6) is 11.5 Å². The lowest BCUT2D eigenvalue weighted by Gasteiger charge is -2.39. The molecule has 10 heteroatoms. The van der Waals surface area contributed by atoms with Gasteiger partial charge < -0.3 is 28.4 Å². The Kier molecular flexibility index (Phi) is 11.5. The third-order valence-electron chi connectivity index (χ3n) is 8.64. The number of esters is 1. The summed E-state index contributed by atoms with van der Waals surface area (Å²) in [6.45, 7) is 18.9. The Morgan fingerprint density at radius 1 is 0.913 bits per heavy atom. The highest BCUT2D eigenvalue weighted by atomic mass is 16.6. The monoisotopic (exact) mass is 639 g/mol. The van der Waals surface area contributed by atoms with Crippen LogP contribution in [0.1, 0.15) is 96.1 Å². The third-order valence-corrected chi connectivity index (χ3v) is 8.64. The van der Waals surface area contributed by atoms with Crippen molar-refractivity contribution in [2.75, 3.05) is 53.0 Å². The predicted molar refractivity (Wildman–Crippen MR) is 179 cm³/mol. The number of piperazine rings is 1. The van der Waals surface area contributed by atoms with Crippen molar-refractivity contribution in [2.45, 2.75) is 92.2 Å². The van der Waals surface area contributed by atoms with Crippen molar-refractivity contribution in [3.63, 3.8) is 0 Å². The number of fused-ring (bicyclic) bond motifs is 3. The molecule has 0 bridgehead atoms. The molecule has 1 aromatic heterocycles. The first-order valence-electron chi connectivity index (χ1n) is 16.7. The van der Waals surface area contributed by atoms with Crippen LogP contribution in [0.4, 0.5) is 4.79 Å². The van der Waals surface area contributed by atoms with Gasteiger partial charge in [0.15, 0.2) is 16.9 Å². The molecule has 0 saturated carbocycles. The number of carbonyl (C=O) groups is 2. The van der Waals surface area contributed by atoms with Crippen LogP contribution < -0.4 is 14.9 Å². The number of carbonyl (C=O) groups excluding carboxylic acids is 2. The van der Waals surface area contributed by atoms with Crippen LogP contribution in [0.2, 0.25) is 0 Å². The molecule has 46 heavy (non-hydrogen) atoms. The summed E-state index contributed by atoms with van der Waals surface area (Å²) in [5, 5.41) is 0. The largest absolute Gasteiger partial charge is 0.493 e. The first-order chi connectivity index (χ1) is 21.7. The van der Waals surface area contributed by atoms with Crippen LogP contribution >= 0.6 is 0 Å². The van der Waals surface area contributed by atoms with E-state index in [1.54, 1.807) is 31.2 Å². The normalized spacial score (nSPS) is 16.8. The maximum absolute atomic E-state index is 13.0. The lowest BCUT2D eigenvalue weighted by molar-refractivity contribution is 0.0144. The van der Waals surface area contributed by atoms with E-state index < -0.39 is 11.6 Å². The highest BCUT2D eigenvalue weighted by Gasteiger charge is 2.34. The highest BCUT2D eigenvalue weighted by molar-refractivity contribution is 5.89. The molecular weight excluding hydrogens is 586 g/mol. The Bertz CT molecular complexity index is 1430. The van der Waals surface area contributed by atoms with Crippen LogP contribution in [-0.2, 0) is 15.9 Å². The average molecular weight is 640 g/mol. The Hall–Kier alpha value is -3.53. The van der Waals surface area contributed by atoms with Crippen LogP contribution in [0.15, 0.2) is 29.2 Å². The number of hydrogen-bond acceptors (Lipinski definition) is 8. The molecule has 0 radical (unpaired) electrons. The molecule has 254 valence electrons. The van der Waals surface area contributed by atoms with Gasteiger partial charge in [0.25, 0.3) is 0 Å². The van der Waals surface area contributed by atoms with Crippen LogP contribution in [-0.4, -0.2) is 85.1 Å². The molecule has 1 saturated heterocycles. The maximum Gasteiger partial charge on any atom is 0.410 e. The second-order valence-corrected chi connectivity index (χ2v) is 14.4. The minimum absolute atomic E-state index is 0.0188. The number of aromatic nitrogens is 1. The quantitative estimate of drug-likeness (QED) is 0.208. The first-order valence-corrected chi connectivity index (χ1v) is 16.7. The van der Waals surface area contributed by atoms with E-state index in [0.29, 0.717) is 31.2 Å². The van der Waals surface area contributed by atoms with Gasteiger partial charge in [0.1, 0.15) is 11.2 Å². The van der Waals surface area contributed by atoms with Gasteiger partial charge in [-0.2, -0.15) is 0 Å². The zero-order chi connectivity index (χ0) is 33.6. The number of benzene rings is 1. The SMILES string of the molecule is CCOC(=O)c1cn2c(cc1=O)-c1cc(OC)c(OCCCCCCN3CCN(C(=O)OC(C)(C)C)CC3)cc1CC2C(C)(C)C. The summed E-state index contributed by atoms with van der Waals surface area (Å²) in [5.74, 6) is 0.725. The Morgan fingerprint density at radius 2 is 1.61 bits per heavy atom. The zero-order valence-electron chi connectivity index (χ0n) is 29.1. The van der Waals surface area contributed by atoms with Gasteiger partial charge in [0.05, 0.1) is 26.0 Å². The topological polar surface area (TPSA) is 99.5 Å². The fourth-order valence-corrected chi connectivity index (χ4v) is 6.15. The Morgan fingerprint density at radius 3 is 2.24 bits per heavy atom. The summed E-state index contributed by atoms with van der Waals surface area (Å²) in [6, 6.07) is 5.56. The Balaban J connectivity index is 1.32. The van der Waals surface area contributed by atoms with Crippen molar-refractivity contribution in [3.05, 3.63) is 45.7 Å². The first kappa shape index (κ1) is 35.3. The molecule has 1 amide bonds. The van der Waals surface area contributed by atoms with Crippen molar-refractivity contribution >= 4 is 12.1 Å². The van der Waals surface area contributed by atoms with Gasteiger partial charge in [-0.25, -0.2) is 9.59 Å². The molecule has 2 aliphatic rings. The summed E-state index contributed by atoms with van der Waals surface area (Å²) < 4.78 is 24.7. The molecule has 0 aliphatic carbocycles. The molecule has 2 aromatic rings. The zero-order valence-corrected chi connectivity index (χ0v) is 29.1. The molecule has 1 fully saturated rings.